The third-order valence-corrected chi connectivity index (χ3v) is 8.96. The smallest absolute Gasteiger partial charge is 0.0464 e. The summed E-state index contributed by atoms with van der Waals surface area (Å²) in [7, 11) is 0. The molecule has 1 N–H and O–H groups in total. The summed E-state index contributed by atoms with van der Waals surface area (Å²) in [6.45, 7) is 4.70. The highest BCUT2D eigenvalue weighted by atomic mass is 14.9. The molecule has 0 aromatic heterocycles. The standard InChI is InChI=1S/C32H31N/c1-32(2)29-10-6-5-8-25(29)26-14-13-22(19-30(26)32)33-31-16-15-24(23-7-3-4-9-27(23)31)28-18-20-11-12-21(28)17-20/h3-10,13-16,19-21,28,33H,11-12,17-18H2,1-2H3. The summed E-state index contributed by atoms with van der Waals surface area (Å²) in [4.78, 5) is 0. The van der Waals surface area contributed by atoms with E-state index in [2.05, 4.69) is 98.0 Å². The van der Waals surface area contributed by atoms with Crippen molar-refractivity contribution in [2.45, 2.75) is 50.9 Å². The molecule has 7 rings (SSSR count). The van der Waals surface area contributed by atoms with Crippen LogP contribution in [-0.4, -0.2) is 0 Å². The van der Waals surface area contributed by atoms with E-state index in [0.717, 1.165) is 17.8 Å². The molecule has 0 spiro atoms. The molecule has 2 bridgehead atoms. The van der Waals surface area contributed by atoms with Crippen LogP contribution in [0.3, 0.4) is 0 Å². The van der Waals surface area contributed by atoms with Crippen molar-refractivity contribution in [3.8, 4) is 11.1 Å². The van der Waals surface area contributed by atoms with Gasteiger partial charge in [-0.15, -0.1) is 0 Å². The largest absolute Gasteiger partial charge is 0.355 e. The molecule has 0 heterocycles. The summed E-state index contributed by atoms with van der Waals surface area (Å²) < 4.78 is 0. The zero-order valence-electron chi connectivity index (χ0n) is 19.6. The average molecular weight is 430 g/mol. The molecule has 3 aliphatic rings. The topological polar surface area (TPSA) is 12.0 Å². The third-order valence-electron chi connectivity index (χ3n) is 8.96. The van der Waals surface area contributed by atoms with E-state index < -0.39 is 0 Å². The van der Waals surface area contributed by atoms with Crippen LogP contribution in [0.4, 0.5) is 11.4 Å². The number of hydrogen-bond donors (Lipinski definition) is 1. The summed E-state index contributed by atoms with van der Waals surface area (Å²) >= 11 is 0. The SMILES string of the molecule is CC1(C)c2ccccc2-c2ccc(Nc3ccc(C4CC5CCC4C5)c4ccccc34)cc21. The van der Waals surface area contributed by atoms with Gasteiger partial charge in [0.25, 0.3) is 0 Å². The Morgan fingerprint density at radius 3 is 2.33 bits per heavy atom. The van der Waals surface area contributed by atoms with Crippen LogP contribution in [0.15, 0.2) is 78.9 Å². The van der Waals surface area contributed by atoms with Crippen LogP contribution >= 0.6 is 0 Å². The van der Waals surface area contributed by atoms with Crippen LogP contribution in [-0.2, 0) is 5.41 Å². The van der Waals surface area contributed by atoms with Crippen molar-refractivity contribution >= 4 is 22.1 Å². The van der Waals surface area contributed by atoms with Crippen LogP contribution in [0.5, 0.6) is 0 Å². The van der Waals surface area contributed by atoms with Gasteiger partial charge in [0.05, 0.1) is 0 Å². The fourth-order valence-corrected chi connectivity index (χ4v) is 7.32. The lowest BCUT2D eigenvalue weighted by Gasteiger charge is -2.25. The maximum atomic E-state index is 3.79. The van der Waals surface area contributed by atoms with Gasteiger partial charge >= 0.3 is 0 Å². The number of benzene rings is 4. The molecule has 1 heteroatoms. The van der Waals surface area contributed by atoms with Gasteiger partial charge < -0.3 is 5.32 Å². The Morgan fingerprint density at radius 2 is 1.52 bits per heavy atom. The molecular formula is C32H31N. The molecule has 164 valence electrons. The first-order chi connectivity index (χ1) is 16.1. The first kappa shape index (κ1) is 19.4. The number of hydrogen-bond acceptors (Lipinski definition) is 1. The Morgan fingerprint density at radius 1 is 0.727 bits per heavy atom. The van der Waals surface area contributed by atoms with Gasteiger partial charge in [-0.2, -0.15) is 0 Å². The second-order valence-electron chi connectivity index (χ2n) is 11.1. The molecule has 3 atom stereocenters. The minimum absolute atomic E-state index is 0.0251. The Kier molecular flexibility index (Phi) is 4.10. The van der Waals surface area contributed by atoms with E-state index in [9.17, 15) is 0 Å². The highest BCUT2D eigenvalue weighted by molar-refractivity contribution is 5.98. The van der Waals surface area contributed by atoms with Crippen LogP contribution in [0, 0.1) is 11.8 Å². The van der Waals surface area contributed by atoms with Crippen LogP contribution in [0.25, 0.3) is 21.9 Å². The quantitative estimate of drug-likeness (QED) is 0.343. The Bertz CT molecular complexity index is 1400. The van der Waals surface area contributed by atoms with E-state index in [1.165, 1.54) is 70.1 Å². The molecule has 3 unspecified atom stereocenters. The van der Waals surface area contributed by atoms with Crippen molar-refractivity contribution in [1.29, 1.82) is 0 Å². The fourth-order valence-electron chi connectivity index (χ4n) is 7.32. The third kappa shape index (κ3) is 2.84. The van der Waals surface area contributed by atoms with Gasteiger partial charge in [0.1, 0.15) is 0 Å². The second kappa shape index (κ2) is 6.97. The van der Waals surface area contributed by atoms with Crippen LogP contribution in [0.2, 0.25) is 0 Å². The normalized spacial score (nSPS) is 24.1. The lowest BCUT2D eigenvalue weighted by molar-refractivity contribution is 0.422. The van der Waals surface area contributed by atoms with Crippen LogP contribution < -0.4 is 5.32 Å². The van der Waals surface area contributed by atoms with Gasteiger partial charge in [-0.05, 0) is 88.4 Å². The molecule has 1 nitrogen and oxygen atoms in total. The maximum absolute atomic E-state index is 3.79. The molecule has 2 fully saturated rings. The molecule has 0 amide bonds. The molecule has 33 heavy (non-hydrogen) atoms. The number of nitrogens with one attached hydrogen (secondary N) is 1. The van der Waals surface area contributed by atoms with Gasteiger partial charge in [-0.1, -0.05) is 80.9 Å². The predicted molar refractivity (Wildman–Crippen MR) is 139 cm³/mol. The van der Waals surface area contributed by atoms with E-state index in [1.807, 2.05) is 0 Å². The van der Waals surface area contributed by atoms with E-state index in [1.54, 1.807) is 5.56 Å². The molecule has 0 saturated heterocycles. The van der Waals surface area contributed by atoms with Gasteiger partial charge in [0.15, 0.2) is 0 Å². The summed E-state index contributed by atoms with van der Waals surface area (Å²) in [6.07, 6.45) is 5.72. The molecule has 4 aromatic rings. The molecule has 0 radical (unpaired) electrons. The molecule has 4 aromatic carbocycles. The highest BCUT2D eigenvalue weighted by Crippen LogP contribution is 2.54. The monoisotopic (exact) mass is 429 g/mol. The Balaban J connectivity index is 1.28. The predicted octanol–water partition coefficient (Wildman–Crippen LogP) is 8.79. The Hall–Kier alpha value is -3.06. The lowest BCUT2D eigenvalue weighted by Crippen LogP contribution is -2.15. The number of anilines is 2. The number of fused-ring (bicyclic) bond motifs is 6. The molecule has 3 aliphatic carbocycles. The fraction of sp³-hybridized carbons (Fsp3) is 0.312. The van der Waals surface area contributed by atoms with Crippen molar-refractivity contribution in [3.05, 3.63) is 95.6 Å². The van der Waals surface area contributed by atoms with Crippen molar-refractivity contribution in [1.82, 2.24) is 0 Å². The Labute approximate surface area is 196 Å². The lowest BCUT2D eigenvalue weighted by atomic mass is 9.81. The van der Waals surface area contributed by atoms with Gasteiger partial charge in [-0.25, -0.2) is 0 Å². The summed E-state index contributed by atoms with van der Waals surface area (Å²) in [5.41, 5.74) is 9.58. The van der Waals surface area contributed by atoms with Gasteiger partial charge in [0.2, 0.25) is 0 Å². The van der Waals surface area contributed by atoms with E-state index in [0.29, 0.717) is 0 Å². The van der Waals surface area contributed by atoms with Gasteiger partial charge in [0, 0.05) is 22.2 Å². The van der Waals surface area contributed by atoms with Crippen molar-refractivity contribution < 1.29 is 0 Å². The van der Waals surface area contributed by atoms with E-state index in [4.69, 9.17) is 0 Å². The van der Waals surface area contributed by atoms with Crippen LogP contribution in [0.1, 0.15) is 62.1 Å². The van der Waals surface area contributed by atoms with Crippen molar-refractivity contribution in [2.75, 3.05) is 5.32 Å². The molecular weight excluding hydrogens is 398 g/mol. The average Bonchev–Trinajstić information content (AvgIpc) is 3.53. The molecule has 2 saturated carbocycles. The van der Waals surface area contributed by atoms with Crippen molar-refractivity contribution in [3.63, 3.8) is 0 Å². The highest BCUT2D eigenvalue weighted by Gasteiger charge is 2.40. The first-order valence-corrected chi connectivity index (χ1v) is 12.6. The molecule has 0 aliphatic heterocycles. The number of rotatable bonds is 3. The second-order valence-corrected chi connectivity index (χ2v) is 11.1. The first-order valence-electron chi connectivity index (χ1n) is 12.6. The summed E-state index contributed by atoms with van der Waals surface area (Å²) in [6, 6.07) is 29.5. The summed E-state index contributed by atoms with van der Waals surface area (Å²) in [5, 5.41) is 6.58. The van der Waals surface area contributed by atoms with Gasteiger partial charge in [-0.3, -0.25) is 0 Å². The minimum atomic E-state index is 0.0251. The maximum Gasteiger partial charge on any atom is 0.0464 e. The van der Waals surface area contributed by atoms with E-state index in [-0.39, 0.29) is 5.41 Å². The van der Waals surface area contributed by atoms with E-state index >= 15 is 0 Å². The summed E-state index contributed by atoms with van der Waals surface area (Å²) in [5.74, 6) is 2.62. The zero-order valence-corrected chi connectivity index (χ0v) is 19.6. The minimum Gasteiger partial charge on any atom is -0.355 e. The van der Waals surface area contributed by atoms with Crippen molar-refractivity contribution in [2.24, 2.45) is 11.8 Å². The zero-order chi connectivity index (χ0) is 22.2.